The van der Waals surface area contributed by atoms with Crippen molar-refractivity contribution in [1.82, 2.24) is 4.31 Å². The molecular formula is C11H15N3O4S. The van der Waals surface area contributed by atoms with E-state index >= 15 is 0 Å². The molecule has 7 nitrogen and oxygen atoms in total. The van der Waals surface area contributed by atoms with E-state index in [9.17, 15) is 13.2 Å². The Hall–Kier alpha value is -1.80. The van der Waals surface area contributed by atoms with E-state index in [-0.39, 0.29) is 12.5 Å². The number of nitrogens with zero attached hydrogens (tertiary/aromatic N) is 2. The maximum atomic E-state index is 11.8. The first-order chi connectivity index (χ1) is 8.83. The van der Waals surface area contributed by atoms with Crippen molar-refractivity contribution in [1.29, 1.82) is 0 Å². The summed E-state index contributed by atoms with van der Waals surface area (Å²) in [5, 5.41) is 0. The maximum Gasteiger partial charge on any atom is 0.301 e. The van der Waals surface area contributed by atoms with Crippen LogP contribution in [0.1, 0.15) is 0 Å². The van der Waals surface area contributed by atoms with Crippen molar-refractivity contribution in [3.8, 4) is 5.75 Å². The molecule has 1 aliphatic rings. The molecular weight excluding hydrogens is 270 g/mol. The Bertz CT molecular complexity index is 612. The van der Waals surface area contributed by atoms with E-state index < -0.39 is 10.2 Å². The first-order valence-electron chi connectivity index (χ1n) is 5.55. The van der Waals surface area contributed by atoms with Crippen LogP contribution < -0.4 is 14.4 Å². The smallest absolute Gasteiger partial charge is 0.301 e. The average molecular weight is 285 g/mol. The second-order valence-electron chi connectivity index (χ2n) is 4.28. The van der Waals surface area contributed by atoms with E-state index in [1.54, 1.807) is 25.2 Å². The molecule has 104 valence electrons. The van der Waals surface area contributed by atoms with E-state index in [1.807, 2.05) is 0 Å². The number of amides is 1. The number of hydrogen-bond acceptors (Lipinski definition) is 4. The summed E-state index contributed by atoms with van der Waals surface area (Å²) in [6.07, 6.45) is 0. The van der Waals surface area contributed by atoms with Crippen molar-refractivity contribution in [2.45, 2.75) is 0 Å². The second-order valence-corrected chi connectivity index (χ2v) is 6.17. The molecule has 0 spiro atoms. The van der Waals surface area contributed by atoms with Crippen molar-refractivity contribution in [2.75, 3.05) is 37.4 Å². The van der Waals surface area contributed by atoms with Crippen LogP contribution in [-0.4, -0.2) is 46.4 Å². The zero-order valence-corrected chi connectivity index (χ0v) is 11.7. The van der Waals surface area contributed by atoms with E-state index in [0.717, 1.165) is 4.31 Å². The third-order valence-corrected chi connectivity index (χ3v) is 4.22. The van der Waals surface area contributed by atoms with E-state index in [1.165, 1.54) is 19.0 Å². The molecule has 0 aromatic heterocycles. The fraction of sp³-hybridized carbons (Fsp3) is 0.364. The molecule has 0 atom stereocenters. The third-order valence-electron chi connectivity index (χ3n) is 2.78. The average Bonchev–Trinajstić information content (AvgIpc) is 2.33. The Kier molecular flexibility index (Phi) is 3.38. The Morgan fingerprint density at radius 3 is 2.68 bits per heavy atom. The summed E-state index contributed by atoms with van der Waals surface area (Å²) in [4.78, 5) is 13.0. The Labute approximate surface area is 111 Å². The van der Waals surface area contributed by atoms with Crippen molar-refractivity contribution in [3.63, 3.8) is 0 Å². The predicted octanol–water partition coefficient (Wildman–Crippen LogP) is 0.260. The van der Waals surface area contributed by atoms with E-state index in [2.05, 4.69) is 4.72 Å². The molecule has 0 aliphatic carbocycles. The lowest BCUT2D eigenvalue weighted by Gasteiger charge is -2.28. The predicted molar refractivity (Wildman–Crippen MR) is 71.6 cm³/mol. The summed E-state index contributed by atoms with van der Waals surface area (Å²) >= 11 is 0. The zero-order chi connectivity index (χ0) is 14.2. The number of hydrogen-bond donors (Lipinski definition) is 1. The highest BCUT2D eigenvalue weighted by Gasteiger charge is 2.27. The molecule has 1 aliphatic heterocycles. The lowest BCUT2D eigenvalue weighted by atomic mass is 10.2. The molecule has 1 heterocycles. The van der Waals surface area contributed by atoms with Gasteiger partial charge in [-0.1, -0.05) is 6.07 Å². The Morgan fingerprint density at radius 2 is 2.05 bits per heavy atom. The molecule has 0 saturated heterocycles. The van der Waals surface area contributed by atoms with Gasteiger partial charge < -0.3 is 9.64 Å². The number of benzene rings is 1. The molecule has 2 rings (SSSR count). The highest BCUT2D eigenvalue weighted by atomic mass is 32.2. The van der Waals surface area contributed by atoms with Gasteiger partial charge >= 0.3 is 10.2 Å². The van der Waals surface area contributed by atoms with E-state index in [4.69, 9.17) is 4.74 Å². The van der Waals surface area contributed by atoms with Gasteiger partial charge in [0.2, 0.25) is 0 Å². The standard InChI is InChI=1S/C11H15N3O4S/c1-13(2)19(16,17)12-8-5-4-6-9-11(8)14(3)10(15)7-18-9/h4-6,12H,7H2,1-3H3. The molecule has 1 aromatic carbocycles. The van der Waals surface area contributed by atoms with Gasteiger partial charge in [-0.25, -0.2) is 0 Å². The zero-order valence-electron chi connectivity index (χ0n) is 10.9. The molecule has 1 N–H and O–H groups in total. The first kappa shape index (κ1) is 13.6. The minimum atomic E-state index is -3.64. The van der Waals surface area contributed by atoms with Crippen LogP contribution in [0.4, 0.5) is 11.4 Å². The van der Waals surface area contributed by atoms with Gasteiger partial charge in [0.15, 0.2) is 6.61 Å². The van der Waals surface area contributed by atoms with Crippen LogP contribution in [0.25, 0.3) is 0 Å². The fourth-order valence-corrected chi connectivity index (χ4v) is 2.28. The number of carbonyl (C=O) groups excluding carboxylic acids is 1. The molecule has 19 heavy (non-hydrogen) atoms. The first-order valence-corrected chi connectivity index (χ1v) is 6.99. The second kappa shape index (κ2) is 4.71. The maximum absolute atomic E-state index is 11.8. The lowest BCUT2D eigenvalue weighted by Crippen LogP contribution is -2.37. The van der Waals surface area contributed by atoms with Crippen LogP contribution in [0, 0.1) is 0 Å². The van der Waals surface area contributed by atoms with Crippen molar-refractivity contribution >= 4 is 27.5 Å². The van der Waals surface area contributed by atoms with Gasteiger partial charge in [-0.2, -0.15) is 12.7 Å². The summed E-state index contributed by atoms with van der Waals surface area (Å²) in [7, 11) is 0.784. The summed E-state index contributed by atoms with van der Waals surface area (Å²) in [5.41, 5.74) is 0.728. The number of anilines is 2. The number of ether oxygens (including phenoxy) is 1. The van der Waals surface area contributed by atoms with Gasteiger partial charge in [-0.3, -0.25) is 9.52 Å². The Balaban J connectivity index is 2.46. The Morgan fingerprint density at radius 1 is 1.37 bits per heavy atom. The van der Waals surface area contributed by atoms with Crippen LogP contribution in [0.2, 0.25) is 0 Å². The van der Waals surface area contributed by atoms with Crippen LogP contribution in [-0.2, 0) is 15.0 Å². The van der Waals surface area contributed by atoms with Crippen molar-refractivity contribution < 1.29 is 17.9 Å². The number of para-hydroxylation sites is 1. The lowest BCUT2D eigenvalue weighted by molar-refractivity contribution is -0.120. The molecule has 8 heteroatoms. The summed E-state index contributed by atoms with van der Waals surface area (Å²) in [6, 6.07) is 4.93. The molecule has 1 amide bonds. The van der Waals surface area contributed by atoms with Crippen LogP contribution in [0.15, 0.2) is 18.2 Å². The summed E-state index contributed by atoms with van der Waals surface area (Å²) in [5.74, 6) is 0.241. The quantitative estimate of drug-likeness (QED) is 0.864. The summed E-state index contributed by atoms with van der Waals surface area (Å²) < 4.78 is 32.4. The largest absolute Gasteiger partial charge is 0.481 e. The number of likely N-dealkylation sites (N-methyl/N-ethyl adjacent to an activating group) is 1. The minimum Gasteiger partial charge on any atom is -0.481 e. The monoisotopic (exact) mass is 285 g/mol. The SMILES string of the molecule is CN1C(=O)COc2cccc(NS(=O)(=O)N(C)C)c21. The van der Waals surface area contributed by atoms with Gasteiger partial charge in [0.1, 0.15) is 11.4 Å². The normalized spacial score (nSPS) is 15.2. The van der Waals surface area contributed by atoms with Crippen molar-refractivity contribution in [2.24, 2.45) is 0 Å². The molecule has 1 aromatic rings. The molecule has 0 unspecified atom stereocenters. The fourth-order valence-electron chi connectivity index (χ4n) is 1.66. The molecule has 0 fully saturated rings. The highest BCUT2D eigenvalue weighted by Crippen LogP contribution is 2.38. The number of fused-ring (bicyclic) bond motifs is 1. The highest BCUT2D eigenvalue weighted by molar-refractivity contribution is 7.90. The molecule has 0 saturated carbocycles. The molecule has 0 radical (unpaired) electrons. The van der Waals surface area contributed by atoms with Crippen LogP contribution in [0.3, 0.4) is 0 Å². The van der Waals surface area contributed by atoms with Crippen molar-refractivity contribution in [3.05, 3.63) is 18.2 Å². The minimum absolute atomic E-state index is 0.0482. The third kappa shape index (κ3) is 2.49. The van der Waals surface area contributed by atoms with Gasteiger partial charge in [0, 0.05) is 21.1 Å². The van der Waals surface area contributed by atoms with E-state index in [0.29, 0.717) is 17.1 Å². The van der Waals surface area contributed by atoms with Crippen LogP contribution >= 0.6 is 0 Å². The summed E-state index contributed by atoms with van der Waals surface area (Å²) in [6.45, 7) is -0.0482. The van der Waals surface area contributed by atoms with Gasteiger partial charge in [-0.05, 0) is 12.1 Å². The topological polar surface area (TPSA) is 79.0 Å². The van der Waals surface area contributed by atoms with Gasteiger partial charge in [0.05, 0.1) is 5.69 Å². The number of rotatable bonds is 3. The number of carbonyl (C=O) groups is 1. The molecule has 0 bridgehead atoms. The number of nitrogens with one attached hydrogen (secondary N) is 1. The van der Waals surface area contributed by atoms with Gasteiger partial charge in [0.25, 0.3) is 5.91 Å². The van der Waals surface area contributed by atoms with Crippen LogP contribution in [0.5, 0.6) is 5.75 Å². The van der Waals surface area contributed by atoms with Gasteiger partial charge in [-0.15, -0.1) is 0 Å².